The predicted octanol–water partition coefficient (Wildman–Crippen LogP) is -0.963. The highest BCUT2D eigenvalue weighted by atomic mass is 16.7. The van der Waals surface area contributed by atoms with Gasteiger partial charge in [-0.3, -0.25) is 19.2 Å². The van der Waals surface area contributed by atoms with Crippen molar-refractivity contribution in [1.82, 2.24) is 0 Å². The summed E-state index contributed by atoms with van der Waals surface area (Å²) in [5.41, 5.74) is 0. The fraction of sp³-hybridized carbons (Fsp3) is 0.688. The van der Waals surface area contributed by atoms with Crippen molar-refractivity contribution < 1.29 is 52.4 Å². The molecular formula is C16H20O11. The molecule has 0 bridgehead atoms. The first-order valence-electron chi connectivity index (χ1n) is 8.11. The normalized spacial score (nSPS) is 31.9. The summed E-state index contributed by atoms with van der Waals surface area (Å²) in [6, 6.07) is 0. The van der Waals surface area contributed by atoms with Crippen molar-refractivity contribution in [2.45, 2.75) is 64.3 Å². The first kappa shape index (κ1) is 20.6. The van der Waals surface area contributed by atoms with Crippen molar-refractivity contribution in [3.8, 4) is 0 Å². The maximum Gasteiger partial charge on any atom is 0.350 e. The van der Waals surface area contributed by atoms with Gasteiger partial charge in [0, 0.05) is 27.7 Å². The molecule has 0 radical (unpaired) electrons. The van der Waals surface area contributed by atoms with Crippen LogP contribution in [0.15, 0.2) is 0 Å². The summed E-state index contributed by atoms with van der Waals surface area (Å²) < 4.78 is 31.1. The molecule has 150 valence electrons. The Balaban J connectivity index is 2.36. The van der Waals surface area contributed by atoms with Gasteiger partial charge in [0.2, 0.25) is 6.10 Å². The number of fused-ring (bicyclic) bond motifs is 1. The first-order valence-corrected chi connectivity index (χ1v) is 8.11. The van der Waals surface area contributed by atoms with E-state index in [2.05, 4.69) is 0 Å². The van der Waals surface area contributed by atoms with Gasteiger partial charge < -0.3 is 28.4 Å². The zero-order chi connectivity index (χ0) is 20.3. The lowest BCUT2D eigenvalue weighted by Gasteiger charge is -2.41. The second kappa shape index (κ2) is 8.33. The molecule has 0 spiro atoms. The van der Waals surface area contributed by atoms with Crippen molar-refractivity contribution in [3.05, 3.63) is 0 Å². The van der Waals surface area contributed by atoms with E-state index in [1.807, 2.05) is 0 Å². The third-order valence-electron chi connectivity index (χ3n) is 3.80. The van der Waals surface area contributed by atoms with E-state index in [0.29, 0.717) is 0 Å². The highest BCUT2D eigenvalue weighted by molar-refractivity contribution is 5.81. The zero-order valence-electron chi connectivity index (χ0n) is 15.2. The third-order valence-corrected chi connectivity index (χ3v) is 3.80. The molecule has 2 heterocycles. The average Bonchev–Trinajstić information content (AvgIpc) is 2.82. The van der Waals surface area contributed by atoms with Crippen LogP contribution >= 0.6 is 0 Å². The summed E-state index contributed by atoms with van der Waals surface area (Å²) in [5.74, 6) is -3.71. The van der Waals surface area contributed by atoms with Gasteiger partial charge in [-0.25, -0.2) is 4.79 Å². The Labute approximate surface area is 154 Å². The maximum atomic E-state index is 12.1. The zero-order valence-corrected chi connectivity index (χ0v) is 15.2. The van der Waals surface area contributed by atoms with Crippen molar-refractivity contribution in [1.29, 1.82) is 0 Å². The molecule has 6 atom stereocenters. The van der Waals surface area contributed by atoms with Gasteiger partial charge in [0.25, 0.3) is 0 Å². The topological polar surface area (TPSA) is 141 Å². The first-order chi connectivity index (χ1) is 12.6. The van der Waals surface area contributed by atoms with Crippen LogP contribution in [0.4, 0.5) is 0 Å². The minimum atomic E-state index is -1.40. The number of carbonyl (C=O) groups is 5. The predicted molar refractivity (Wildman–Crippen MR) is 81.8 cm³/mol. The van der Waals surface area contributed by atoms with Crippen molar-refractivity contribution >= 4 is 29.8 Å². The standard InChI is InChI=1S/C16H20O11/c1-6(17)22-5-10-11(23-7(2)18)12(24-8(3)19)13-14(26-10)15(16(21)27-13)25-9(4)20/h10-15H,5H2,1-4H3/t10-,11+,12+,13?,14?,15?/m1/s1. The quantitative estimate of drug-likeness (QED) is 0.424. The minimum absolute atomic E-state index is 0.352. The Bertz CT molecular complexity index is 642. The Kier molecular flexibility index (Phi) is 6.37. The summed E-state index contributed by atoms with van der Waals surface area (Å²) in [6.45, 7) is 4.17. The van der Waals surface area contributed by atoms with Gasteiger partial charge in [-0.1, -0.05) is 0 Å². The second-order valence-corrected chi connectivity index (χ2v) is 6.02. The minimum Gasteiger partial charge on any atom is -0.463 e. The van der Waals surface area contributed by atoms with Crippen LogP contribution < -0.4 is 0 Å². The Morgan fingerprint density at radius 1 is 0.815 bits per heavy atom. The van der Waals surface area contributed by atoms with E-state index < -0.39 is 66.5 Å². The highest BCUT2D eigenvalue weighted by Gasteiger charge is 2.60. The van der Waals surface area contributed by atoms with Gasteiger partial charge in [-0.15, -0.1) is 0 Å². The van der Waals surface area contributed by atoms with Crippen LogP contribution in [0.2, 0.25) is 0 Å². The van der Waals surface area contributed by atoms with E-state index in [1.54, 1.807) is 0 Å². The molecule has 0 saturated carbocycles. The Hall–Kier alpha value is -2.69. The molecule has 11 nitrogen and oxygen atoms in total. The third kappa shape index (κ3) is 4.94. The van der Waals surface area contributed by atoms with E-state index in [4.69, 9.17) is 28.4 Å². The summed E-state index contributed by atoms with van der Waals surface area (Å²) >= 11 is 0. The molecule has 2 fully saturated rings. The van der Waals surface area contributed by atoms with Crippen LogP contribution in [-0.2, 0) is 52.4 Å². The smallest absolute Gasteiger partial charge is 0.350 e. The molecule has 0 aromatic carbocycles. The highest BCUT2D eigenvalue weighted by Crippen LogP contribution is 2.35. The van der Waals surface area contributed by atoms with E-state index >= 15 is 0 Å². The molecule has 0 N–H and O–H groups in total. The average molecular weight is 388 g/mol. The summed E-state index contributed by atoms with van der Waals surface area (Å²) in [4.78, 5) is 57.5. The molecule has 2 aliphatic rings. The summed E-state index contributed by atoms with van der Waals surface area (Å²) in [7, 11) is 0. The summed E-state index contributed by atoms with van der Waals surface area (Å²) in [5, 5.41) is 0. The van der Waals surface area contributed by atoms with Crippen molar-refractivity contribution in [3.63, 3.8) is 0 Å². The van der Waals surface area contributed by atoms with Crippen LogP contribution in [0.1, 0.15) is 27.7 Å². The molecule has 2 rings (SSSR count). The van der Waals surface area contributed by atoms with Gasteiger partial charge in [0.1, 0.15) is 18.8 Å². The second-order valence-electron chi connectivity index (χ2n) is 6.02. The van der Waals surface area contributed by atoms with E-state index in [9.17, 15) is 24.0 Å². The van der Waals surface area contributed by atoms with Crippen molar-refractivity contribution in [2.24, 2.45) is 0 Å². The number of hydrogen-bond donors (Lipinski definition) is 0. The number of hydrogen-bond acceptors (Lipinski definition) is 11. The SMILES string of the molecule is CC(=O)OC[C@H]1OC2C(OC(C)=O)C(=O)OC2[C@@H](OC(C)=O)[C@H]1OC(C)=O. The molecule has 27 heavy (non-hydrogen) atoms. The van der Waals surface area contributed by atoms with Gasteiger partial charge in [0.05, 0.1) is 0 Å². The molecule has 2 saturated heterocycles. The molecule has 0 aliphatic carbocycles. The van der Waals surface area contributed by atoms with Crippen molar-refractivity contribution in [2.75, 3.05) is 6.61 Å². The van der Waals surface area contributed by atoms with Gasteiger partial charge in [-0.2, -0.15) is 0 Å². The number of carbonyl (C=O) groups excluding carboxylic acids is 5. The number of rotatable bonds is 5. The number of ether oxygens (including phenoxy) is 6. The maximum absolute atomic E-state index is 12.1. The van der Waals surface area contributed by atoms with Crippen LogP contribution in [0.3, 0.4) is 0 Å². The lowest BCUT2D eigenvalue weighted by molar-refractivity contribution is -0.243. The van der Waals surface area contributed by atoms with Crippen LogP contribution in [0, 0.1) is 0 Å². The molecule has 2 aliphatic heterocycles. The largest absolute Gasteiger partial charge is 0.463 e. The molecule has 0 amide bonds. The van der Waals surface area contributed by atoms with E-state index in [1.165, 1.54) is 6.92 Å². The van der Waals surface area contributed by atoms with E-state index in [0.717, 1.165) is 20.8 Å². The Morgan fingerprint density at radius 2 is 1.37 bits per heavy atom. The molecule has 3 unspecified atom stereocenters. The lowest BCUT2D eigenvalue weighted by Crippen LogP contribution is -2.61. The fourth-order valence-corrected chi connectivity index (χ4v) is 2.94. The monoisotopic (exact) mass is 388 g/mol. The van der Waals surface area contributed by atoms with Gasteiger partial charge >= 0.3 is 29.8 Å². The fourth-order valence-electron chi connectivity index (χ4n) is 2.94. The van der Waals surface area contributed by atoms with Crippen LogP contribution in [-0.4, -0.2) is 73.1 Å². The number of esters is 5. The van der Waals surface area contributed by atoms with E-state index in [-0.39, 0.29) is 6.61 Å². The van der Waals surface area contributed by atoms with Crippen LogP contribution in [0.25, 0.3) is 0 Å². The van der Waals surface area contributed by atoms with Gasteiger partial charge in [0.15, 0.2) is 18.3 Å². The lowest BCUT2D eigenvalue weighted by atomic mass is 9.93. The molecule has 0 aromatic heterocycles. The Morgan fingerprint density at radius 3 is 1.89 bits per heavy atom. The molecule has 0 aromatic rings. The molecule has 11 heteroatoms. The molecular weight excluding hydrogens is 368 g/mol. The summed E-state index contributed by atoms with van der Waals surface area (Å²) in [6.07, 6.45) is -7.26. The van der Waals surface area contributed by atoms with Crippen LogP contribution in [0.5, 0.6) is 0 Å². The van der Waals surface area contributed by atoms with Gasteiger partial charge in [-0.05, 0) is 0 Å².